The summed E-state index contributed by atoms with van der Waals surface area (Å²) in [5.74, 6) is -1.13. The molecule has 0 spiro atoms. The minimum Gasteiger partial charge on any atom is -0.444 e. The number of fused-ring (bicyclic) bond motifs is 3. The van der Waals surface area contributed by atoms with Crippen LogP contribution < -0.4 is 38.1 Å². The van der Waals surface area contributed by atoms with Crippen LogP contribution in [0.1, 0.15) is 89.1 Å². The number of ether oxygens (including phenoxy) is 1. The quantitative estimate of drug-likeness (QED) is 0.0287. The highest BCUT2D eigenvalue weighted by Crippen LogP contribution is 2.30. The number of benzene rings is 3. The van der Waals surface area contributed by atoms with Gasteiger partial charge in [-0.1, -0.05) is 76.1 Å². The van der Waals surface area contributed by atoms with E-state index in [1.165, 1.54) is 12.2 Å². The van der Waals surface area contributed by atoms with Gasteiger partial charge < -0.3 is 42.0 Å². The van der Waals surface area contributed by atoms with Gasteiger partial charge in [-0.05, 0) is 79.5 Å². The summed E-state index contributed by atoms with van der Waals surface area (Å²) in [6.45, 7) is 6.61. The lowest BCUT2D eigenvalue weighted by molar-refractivity contribution is -0.137. The smallest absolute Gasteiger partial charge is 0.411 e. The standard InChI is InChI=1S/C50H61N11O8/c1-4-5-15-39-58-44-45(36-12-8-9-13-37(36)56-46(44)51)61(39)29-32-17-21-35(22-18-32)55-50(68)69-30-33-19-23-34(24-20-33)54-47(65)38(14-11-27-53-49(52)67)57-48(66)43(31(2)3)59-40(62)16-7-6-10-28-60-41(63)25-26-42(60)64/h8-9,12-13,17-26,31,38,43H,4-7,10-11,14-16,27-30H2,1-3H3,(H2,51,56)(H,54,65)(H,55,68)(H,57,66)(H,59,62)(H3,52,53,67). The second-order valence-corrected chi connectivity index (χ2v) is 17.3. The Labute approximate surface area is 400 Å². The molecule has 2 unspecified atom stereocenters. The molecule has 0 bridgehead atoms. The van der Waals surface area contributed by atoms with Crippen molar-refractivity contribution >= 4 is 80.8 Å². The number of pyridine rings is 1. The van der Waals surface area contributed by atoms with Crippen LogP contribution >= 0.6 is 0 Å². The molecule has 19 heteroatoms. The van der Waals surface area contributed by atoms with Gasteiger partial charge in [-0.2, -0.15) is 0 Å². The second-order valence-electron chi connectivity index (χ2n) is 17.3. The number of nitrogens with two attached hydrogens (primary N) is 2. The third kappa shape index (κ3) is 14.1. The third-order valence-electron chi connectivity index (χ3n) is 11.6. The Morgan fingerprint density at radius 1 is 0.768 bits per heavy atom. The predicted octanol–water partition coefficient (Wildman–Crippen LogP) is 5.80. The Bertz CT molecular complexity index is 2660. The van der Waals surface area contributed by atoms with Crippen LogP contribution in [0.3, 0.4) is 0 Å². The number of carbonyl (C=O) groups is 7. The molecule has 3 heterocycles. The summed E-state index contributed by atoms with van der Waals surface area (Å²) >= 11 is 0. The molecule has 1 aliphatic heterocycles. The Kier molecular flexibility index (Phi) is 17.8. The van der Waals surface area contributed by atoms with Crippen molar-refractivity contribution in [2.75, 3.05) is 29.5 Å². The number of para-hydroxylation sites is 1. The fraction of sp³-hybridized carbons (Fsp3) is 0.380. The van der Waals surface area contributed by atoms with Crippen LogP contribution in [0.2, 0.25) is 0 Å². The Morgan fingerprint density at radius 3 is 2.13 bits per heavy atom. The molecule has 8 amide bonds. The van der Waals surface area contributed by atoms with Crippen LogP contribution in [0, 0.1) is 5.92 Å². The minimum atomic E-state index is -1.04. The largest absolute Gasteiger partial charge is 0.444 e. The number of carbonyl (C=O) groups excluding carboxylic acids is 7. The van der Waals surface area contributed by atoms with E-state index in [4.69, 9.17) is 21.2 Å². The van der Waals surface area contributed by atoms with Gasteiger partial charge in [0.2, 0.25) is 17.7 Å². The van der Waals surface area contributed by atoms with Gasteiger partial charge in [-0.3, -0.25) is 34.2 Å². The van der Waals surface area contributed by atoms with Gasteiger partial charge >= 0.3 is 12.1 Å². The summed E-state index contributed by atoms with van der Waals surface area (Å²) in [6.07, 6.45) is 6.78. The van der Waals surface area contributed by atoms with Crippen LogP contribution in [0.25, 0.3) is 21.9 Å². The van der Waals surface area contributed by atoms with Crippen molar-refractivity contribution in [1.82, 2.24) is 35.4 Å². The molecule has 2 aromatic heterocycles. The number of imidazole rings is 1. The topological polar surface area (TPSA) is 275 Å². The van der Waals surface area contributed by atoms with E-state index in [1.54, 1.807) is 38.1 Å². The SMILES string of the molecule is CCCCc1nc2c(N)nc3ccccc3c2n1Cc1ccc(NC(=O)OCc2ccc(NC(=O)C(CCCNC(N)=O)NC(=O)C(NC(=O)CCCCCN3C(=O)C=CC3=O)C(C)C)cc2)cc1. The number of aryl methyl sites for hydroxylation is 1. The molecule has 69 heavy (non-hydrogen) atoms. The summed E-state index contributed by atoms with van der Waals surface area (Å²) in [6, 6.07) is 19.3. The number of imide groups is 1. The van der Waals surface area contributed by atoms with E-state index >= 15 is 0 Å². The van der Waals surface area contributed by atoms with Gasteiger partial charge in [0.15, 0.2) is 5.82 Å². The highest BCUT2D eigenvalue weighted by atomic mass is 16.5. The average molecular weight is 944 g/mol. The average Bonchev–Trinajstić information content (AvgIpc) is 3.85. The first-order valence-corrected chi connectivity index (χ1v) is 23.3. The van der Waals surface area contributed by atoms with E-state index < -0.39 is 36.0 Å². The molecule has 3 aromatic carbocycles. The molecule has 0 saturated heterocycles. The number of nitrogen functional groups attached to an aromatic ring is 1. The van der Waals surface area contributed by atoms with Crippen LogP contribution in [-0.2, 0) is 48.3 Å². The molecule has 6 rings (SSSR count). The molecule has 364 valence electrons. The fourth-order valence-corrected chi connectivity index (χ4v) is 7.91. The van der Waals surface area contributed by atoms with Gasteiger partial charge in [0.25, 0.3) is 11.8 Å². The number of unbranched alkanes of at least 4 members (excludes halogenated alkanes) is 3. The van der Waals surface area contributed by atoms with Crippen molar-refractivity contribution < 1.29 is 38.3 Å². The number of anilines is 3. The van der Waals surface area contributed by atoms with Crippen molar-refractivity contribution in [1.29, 1.82) is 0 Å². The van der Waals surface area contributed by atoms with E-state index in [1.807, 2.05) is 48.5 Å². The Balaban J connectivity index is 0.991. The monoisotopic (exact) mass is 943 g/mol. The Morgan fingerprint density at radius 2 is 1.45 bits per heavy atom. The summed E-state index contributed by atoms with van der Waals surface area (Å²) < 4.78 is 7.70. The first-order valence-electron chi connectivity index (χ1n) is 23.3. The third-order valence-corrected chi connectivity index (χ3v) is 11.6. The van der Waals surface area contributed by atoms with E-state index in [0.717, 1.165) is 52.0 Å². The summed E-state index contributed by atoms with van der Waals surface area (Å²) in [7, 11) is 0. The molecular weight excluding hydrogens is 883 g/mol. The number of rotatable bonds is 24. The van der Waals surface area contributed by atoms with Crippen molar-refractivity contribution in [2.24, 2.45) is 11.7 Å². The lowest BCUT2D eigenvalue weighted by atomic mass is 10.0. The van der Waals surface area contributed by atoms with E-state index in [9.17, 15) is 33.6 Å². The van der Waals surface area contributed by atoms with Crippen molar-refractivity contribution in [3.05, 3.63) is 102 Å². The fourth-order valence-electron chi connectivity index (χ4n) is 7.91. The predicted molar refractivity (Wildman–Crippen MR) is 262 cm³/mol. The molecule has 0 saturated carbocycles. The zero-order valence-corrected chi connectivity index (χ0v) is 39.2. The van der Waals surface area contributed by atoms with Crippen LogP contribution in [0.5, 0.6) is 0 Å². The van der Waals surface area contributed by atoms with Crippen LogP contribution in [-0.4, -0.2) is 86.3 Å². The first-order chi connectivity index (χ1) is 33.2. The second kappa shape index (κ2) is 24.3. The van der Waals surface area contributed by atoms with Crippen LogP contribution in [0.4, 0.5) is 26.8 Å². The summed E-state index contributed by atoms with van der Waals surface area (Å²) in [5, 5.41) is 14.6. The lowest BCUT2D eigenvalue weighted by Gasteiger charge is -2.25. The van der Waals surface area contributed by atoms with Crippen molar-refractivity contribution in [2.45, 2.75) is 104 Å². The summed E-state index contributed by atoms with van der Waals surface area (Å²) in [4.78, 5) is 98.3. The molecule has 0 radical (unpaired) electrons. The van der Waals surface area contributed by atoms with E-state index in [0.29, 0.717) is 60.5 Å². The first kappa shape index (κ1) is 50.6. The number of nitrogens with zero attached hydrogens (tertiary/aromatic N) is 4. The maximum absolute atomic E-state index is 13.6. The van der Waals surface area contributed by atoms with E-state index in [2.05, 4.69) is 43.1 Å². The molecule has 9 N–H and O–H groups in total. The lowest BCUT2D eigenvalue weighted by Crippen LogP contribution is -2.54. The van der Waals surface area contributed by atoms with Gasteiger partial charge in [0.05, 0.1) is 11.0 Å². The Hall–Kier alpha value is -7.83. The molecule has 19 nitrogen and oxygen atoms in total. The maximum atomic E-state index is 13.6. The highest BCUT2D eigenvalue weighted by molar-refractivity contribution is 6.13. The minimum absolute atomic E-state index is 0.0511. The highest BCUT2D eigenvalue weighted by Gasteiger charge is 2.29. The van der Waals surface area contributed by atoms with Crippen molar-refractivity contribution in [3.8, 4) is 0 Å². The van der Waals surface area contributed by atoms with E-state index in [-0.39, 0.29) is 56.2 Å². The number of urea groups is 1. The number of nitrogens with one attached hydrogen (secondary N) is 5. The van der Waals surface area contributed by atoms with Gasteiger partial charge in [0.1, 0.15) is 30.0 Å². The van der Waals surface area contributed by atoms with Gasteiger partial charge in [-0.15, -0.1) is 0 Å². The maximum Gasteiger partial charge on any atom is 0.411 e. The molecule has 5 aromatic rings. The molecule has 2 atom stereocenters. The van der Waals surface area contributed by atoms with Gasteiger partial charge in [-0.25, -0.2) is 19.6 Å². The zero-order valence-electron chi connectivity index (χ0n) is 39.2. The number of aromatic nitrogens is 3. The molecule has 0 fully saturated rings. The van der Waals surface area contributed by atoms with Gasteiger partial charge in [0, 0.05) is 61.4 Å². The zero-order chi connectivity index (χ0) is 49.5. The normalized spacial score (nSPS) is 13.1. The van der Waals surface area contributed by atoms with Crippen molar-refractivity contribution in [3.63, 3.8) is 0 Å². The number of hydrogen-bond acceptors (Lipinski definition) is 11. The molecule has 1 aliphatic rings. The number of primary amides is 1. The summed E-state index contributed by atoms with van der Waals surface area (Å²) in [5.41, 5.74) is 16.6. The number of hydrogen-bond donors (Lipinski definition) is 7. The van der Waals surface area contributed by atoms with Crippen LogP contribution in [0.15, 0.2) is 84.9 Å². The molecular formula is C50H61N11O8. The molecule has 0 aliphatic carbocycles. The number of amides is 8.